The van der Waals surface area contributed by atoms with E-state index in [1.165, 1.54) is 43.5 Å². The van der Waals surface area contributed by atoms with Gasteiger partial charge in [0.1, 0.15) is 0 Å². The molecule has 22 heavy (non-hydrogen) atoms. The first-order valence-corrected chi connectivity index (χ1v) is 6.28. The van der Waals surface area contributed by atoms with E-state index in [1.807, 2.05) is 0 Å². The highest BCUT2D eigenvalue weighted by molar-refractivity contribution is 6.09. The van der Waals surface area contributed by atoms with Crippen LogP contribution in [0, 0.1) is 0 Å². The summed E-state index contributed by atoms with van der Waals surface area (Å²) in [6.07, 6.45) is 2.38. The molecule has 0 spiro atoms. The number of benzene rings is 2. The number of ether oxygens (including phenoxy) is 1. The number of para-hydroxylation sites is 1. The Morgan fingerprint density at radius 1 is 1.00 bits per heavy atom. The molecule has 0 atom stereocenters. The number of rotatable bonds is 4. The lowest BCUT2D eigenvalue weighted by Gasteiger charge is -2.07. The number of ketones is 1. The normalized spacial score (nSPS) is 10.8. The third-order valence-electron chi connectivity index (χ3n) is 3.06. The molecule has 4 N–H and O–H groups in total. The fraction of sp³-hybridized carbons (Fsp3) is 0.0625. The monoisotopic (exact) mass is 302 g/mol. The van der Waals surface area contributed by atoms with Gasteiger partial charge in [-0.25, -0.2) is 0 Å². The molecule has 0 aliphatic heterocycles. The van der Waals surface area contributed by atoms with Crippen LogP contribution in [0.15, 0.2) is 36.4 Å². The topological polar surface area (TPSA) is 107 Å². The molecule has 2 aromatic rings. The van der Waals surface area contributed by atoms with Gasteiger partial charge in [0.25, 0.3) is 0 Å². The minimum atomic E-state index is -0.567. The van der Waals surface area contributed by atoms with Gasteiger partial charge >= 0.3 is 0 Å². The highest BCUT2D eigenvalue weighted by atomic mass is 16.5. The Morgan fingerprint density at radius 2 is 1.73 bits per heavy atom. The van der Waals surface area contributed by atoms with Crippen molar-refractivity contribution in [2.24, 2.45) is 0 Å². The van der Waals surface area contributed by atoms with Gasteiger partial charge in [0.2, 0.25) is 5.75 Å². The molecule has 2 rings (SSSR count). The molecule has 0 aromatic heterocycles. The van der Waals surface area contributed by atoms with E-state index in [0.717, 1.165) is 6.08 Å². The van der Waals surface area contributed by atoms with Gasteiger partial charge in [0, 0.05) is 5.56 Å². The lowest BCUT2D eigenvalue weighted by Crippen LogP contribution is -1.94. The van der Waals surface area contributed by atoms with E-state index in [2.05, 4.69) is 0 Å². The Balaban J connectivity index is 2.31. The minimum Gasteiger partial charge on any atom is -0.504 e. The van der Waals surface area contributed by atoms with Gasteiger partial charge in [0.05, 0.1) is 12.7 Å². The summed E-state index contributed by atoms with van der Waals surface area (Å²) in [6.45, 7) is 0. The Bertz CT molecular complexity index is 749. The second-order valence-corrected chi connectivity index (χ2v) is 4.43. The number of phenols is 4. The molecule has 0 unspecified atom stereocenters. The zero-order valence-corrected chi connectivity index (χ0v) is 11.6. The molecule has 0 aliphatic rings. The van der Waals surface area contributed by atoms with Crippen molar-refractivity contribution >= 4 is 11.9 Å². The molecule has 0 fully saturated rings. The van der Waals surface area contributed by atoms with Crippen LogP contribution in [0.25, 0.3) is 6.08 Å². The number of hydrogen-bond donors (Lipinski definition) is 4. The number of aromatic hydroxyl groups is 4. The van der Waals surface area contributed by atoms with Gasteiger partial charge in [-0.2, -0.15) is 0 Å². The average Bonchev–Trinajstić information content (AvgIpc) is 2.51. The van der Waals surface area contributed by atoms with Crippen LogP contribution in [-0.2, 0) is 0 Å². The van der Waals surface area contributed by atoms with E-state index in [9.17, 15) is 25.2 Å². The van der Waals surface area contributed by atoms with Crippen LogP contribution in [0.4, 0.5) is 0 Å². The van der Waals surface area contributed by atoms with Crippen LogP contribution < -0.4 is 4.74 Å². The molecular formula is C16H14O6. The summed E-state index contributed by atoms with van der Waals surface area (Å²) in [5, 5.41) is 38.5. The van der Waals surface area contributed by atoms with Crippen LogP contribution in [0.1, 0.15) is 15.9 Å². The molecule has 0 amide bonds. The van der Waals surface area contributed by atoms with Crippen LogP contribution >= 0.6 is 0 Å². The van der Waals surface area contributed by atoms with Gasteiger partial charge in [-0.3, -0.25) is 4.79 Å². The standard InChI is InChI=1S/C16H14O6/c1-22-13-8-6-9(14(19)16(13)21)5-7-11(17)10-3-2-4-12(18)15(10)20/h2-8,18-21H,1H3/b7-5+. The summed E-state index contributed by atoms with van der Waals surface area (Å²) in [4.78, 5) is 12.0. The molecule has 0 saturated carbocycles. The summed E-state index contributed by atoms with van der Waals surface area (Å²) >= 11 is 0. The zero-order valence-electron chi connectivity index (χ0n) is 11.6. The summed E-state index contributed by atoms with van der Waals surface area (Å²) in [5.41, 5.74) is 0.125. The molecule has 0 aliphatic carbocycles. The van der Waals surface area contributed by atoms with Gasteiger partial charge < -0.3 is 25.2 Å². The highest BCUT2D eigenvalue weighted by Gasteiger charge is 2.13. The average molecular weight is 302 g/mol. The number of hydrogen-bond acceptors (Lipinski definition) is 6. The zero-order chi connectivity index (χ0) is 16.3. The fourth-order valence-electron chi connectivity index (χ4n) is 1.86. The molecule has 0 radical (unpaired) electrons. The fourth-order valence-corrected chi connectivity index (χ4v) is 1.86. The lowest BCUT2D eigenvalue weighted by atomic mass is 10.1. The molecular weight excluding hydrogens is 288 g/mol. The third-order valence-corrected chi connectivity index (χ3v) is 3.06. The van der Waals surface area contributed by atoms with E-state index in [1.54, 1.807) is 0 Å². The van der Waals surface area contributed by atoms with E-state index >= 15 is 0 Å². The summed E-state index contributed by atoms with van der Waals surface area (Å²) < 4.78 is 4.84. The molecule has 0 saturated heterocycles. The molecule has 0 bridgehead atoms. The number of carbonyl (C=O) groups excluding carboxylic acids is 1. The first-order chi connectivity index (χ1) is 10.5. The second-order valence-electron chi connectivity index (χ2n) is 4.43. The van der Waals surface area contributed by atoms with Crippen molar-refractivity contribution in [2.45, 2.75) is 0 Å². The number of methoxy groups -OCH3 is 1. The van der Waals surface area contributed by atoms with Crippen molar-refractivity contribution in [3.63, 3.8) is 0 Å². The van der Waals surface area contributed by atoms with Gasteiger partial charge in [0.15, 0.2) is 28.8 Å². The quantitative estimate of drug-likeness (QED) is 0.392. The van der Waals surface area contributed by atoms with Crippen molar-refractivity contribution in [1.82, 2.24) is 0 Å². The Kier molecular flexibility index (Phi) is 4.22. The predicted octanol–water partition coefficient (Wildman–Crippen LogP) is 2.41. The maximum atomic E-state index is 12.0. The largest absolute Gasteiger partial charge is 0.504 e. The van der Waals surface area contributed by atoms with Crippen molar-refractivity contribution < 1.29 is 30.0 Å². The van der Waals surface area contributed by atoms with Crippen molar-refractivity contribution in [2.75, 3.05) is 7.11 Å². The Hall–Kier alpha value is -3.15. The Morgan fingerprint density at radius 3 is 2.41 bits per heavy atom. The van der Waals surface area contributed by atoms with Gasteiger partial charge in [-0.15, -0.1) is 0 Å². The van der Waals surface area contributed by atoms with E-state index in [-0.39, 0.29) is 16.9 Å². The van der Waals surface area contributed by atoms with Crippen molar-refractivity contribution in [1.29, 1.82) is 0 Å². The van der Waals surface area contributed by atoms with Crippen LogP contribution in [0.5, 0.6) is 28.7 Å². The number of allylic oxidation sites excluding steroid dienone is 1. The van der Waals surface area contributed by atoms with E-state index in [0.29, 0.717) is 0 Å². The molecule has 2 aromatic carbocycles. The summed E-state index contributed by atoms with van der Waals surface area (Å²) in [6, 6.07) is 6.92. The first kappa shape index (κ1) is 15.2. The molecule has 6 heteroatoms. The maximum Gasteiger partial charge on any atom is 0.201 e. The summed E-state index contributed by atoms with van der Waals surface area (Å²) in [7, 11) is 1.35. The third kappa shape index (κ3) is 2.80. The maximum absolute atomic E-state index is 12.0. The highest BCUT2D eigenvalue weighted by Crippen LogP contribution is 2.38. The van der Waals surface area contributed by atoms with Crippen LogP contribution in [0.3, 0.4) is 0 Å². The van der Waals surface area contributed by atoms with E-state index in [4.69, 9.17) is 4.74 Å². The first-order valence-electron chi connectivity index (χ1n) is 6.28. The van der Waals surface area contributed by atoms with Crippen molar-refractivity contribution in [3.8, 4) is 28.7 Å². The lowest BCUT2D eigenvalue weighted by molar-refractivity contribution is 0.104. The summed E-state index contributed by atoms with van der Waals surface area (Å²) in [5.74, 6) is -2.24. The van der Waals surface area contributed by atoms with Crippen molar-refractivity contribution in [3.05, 3.63) is 47.5 Å². The SMILES string of the molecule is COc1ccc(/C=C/C(=O)c2cccc(O)c2O)c(O)c1O. The number of carbonyl (C=O) groups is 1. The minimum absolute atomic E-state index is 0.0755. The smallest absolute Gasteiger partial charge is 0.201 e. The second kappa shape index (κ2) is 6.09. The van der Waals surface area contributed by atoms with Gasteiger partial charge in [-0.05, 0) is 36.4 Å². The molecule has 0 heterocycles. The van der Waals surface area contributed by atoms with Crippen LogP contribution in [0.2, 0.25) is 0 Å². The molecule has 114 valence electrons. The number of phenolic OH excluding ortho intramolecular Hbond substituents is 4. The predicted molar refractivity (Wildman–Crippen MR) is 79.5 cm³/mol. The van der Waals surface area contributed by atoms with Gasteiger partial charge in [-0.1, -0.05) is 6.07 Å². The van der Waals surface area contributed by atoms with E-state index < -0.39 is 28.8 Å². The van der Waals surface area contributed by atoms with Crippen LogP contribution in [-0.4, -0.2) is 33.3 Å². The molecule has 6 nitrogen and oxygen atoms in total. The Labute approximate surface area is 126 Å².